The van der Waals surface area contributed by atoms with Gasteiger partial charge in [0, 0.05) is 25.5 Å². The maximum Gasteiger partial charge on any atom is 0.266 e. The van der Waals surface area contributed by atoms with Crippen LogP contribution in [0.1, 0.15) is 23.0 Å². The Morgan fingerprint density at radius 1 is 1.53 bits per heavy atom. The highest BCUT2D eigenvalue weighted by molar-refractivity contribution is 7.21. The highest BCUT2D eigenvalue weighted by atomic mass is 32.1. The van der Waals surface area contributed by atoms with Gasteiger partial charge in [0.15, 0.2) is 0 Å². The largest absolute Gasteiger partial charge is 0.396 e. The number of amides is 1. The molecule has 0 aliphatic carbocycles. The molecule has 0 aliphatic rings. The van der Waals surface area contributed by atoms with E-state index in [1.54, 1.807) is 17.3 Å². The van der Waals surface area contributed by atoms with E-state index >= 15 is 0 Å². The second-order valence-corrected chi connectivity index (χ2v) is 4.85. The molecule has 0 fully saturated rings. The first kappa shape index (κ1) is 13.2. The van der Waals surface area contributed by atoms with Gasteiger partial charge in [-0.15, -0.1) is 11.3 Å². The molecule has 0 saturated carbocycles. The molecule has 0 spiro atoms. The first-order valence-electron chi connectivity index (χ1n) is 5.84. The van der Waals surface area contributed by atoms with Crippen molar-refractivity contribution >= 4 is 33.3 Å². The Morgan fingerprint density at radius 2 is 2.26 bits per heavy atom. The average Bonchev–Trinajstić information content (AvgIpc) is 2.77. The van der Waals surface area contributed by atoms with Crippen LogP contribution in [0.4, 0.5) is 5.69 Å². The number of nitrogens with two attached hydrogens (primary N) is 1. The molecular weight excluding hydrogens is 262 g/mol. The van der Waals surface area contributed by atoms with Gasteiger partial charge in [-0.3, -0.25) is 4.79 Å². The second-order valence-electron chi connectivity index (χ2n) is 3.85. The summed E-state index contributed by atoms with van der Waals surface area (Å²) >= 11 is 1.24. The molecule has 2 aromatic heterocycles. The minimum atomic E-state index is -0.167. The van der Waals surface area contributed by atoms with E-state index < -0.39 is 0 Å². The molecule has 7 heteroatoms. The summed E-state index contributed by atoms with van der Waals surface area (Å²) < 4.78 is 0. The maximum atomic E-state index is 12.4. The zero-order valence-corrected chi connectivity index (χ0v) is 11.3. The molecule has 19 heavy (non-hydrogen) atoms. The van der Waals surface area contributed by atoms with Gasteiger partial charge in [0.2, 0.25) is 0 Å². The van der Waals surface area contributed by atoms with Crippen molar-refractivity contribution in [1.29, 1.82) is 5.26 Å². The third kappa shape index (κ3) is 2.48. The first-order chi connectivity index (χ1) is 9.19. The molecule has 2 rings (SSSR count). The van der Waals surface area contributed by atoms with Crippen molar-refractivity contribution in [2.75, 3.05) is 18.8 Å². The standard InChI is InChI=1S/C12H13N5OS/c1-2-17(7-3-4-13)12(18)10-8(14)9-11(19-10)16-6-5-15-9/h5-6H,2-3,7,14H2,1H3. The summed E-state index contributed by atoms with van der Waals surface area (Å²) in [7, 11) is 0. The van der Waals surface area contributed by atoms with Crippen LogP contribution >= 0.6 is 11.3 Å². The molecule has 0 radical (unpaired) electrons. The van der Waals surface area contributed by atoms with E-state index in [1.165, 1.54) is 11.3 Å². The Balaban J connectivity index is 2.35. The number of hydrogen-bond acceptors (Lipinski definition) is 6. The summed E-state index contributed by atoms with van der Waals surface area (Å²) in [5, 5.41) is 8.60. The normalized spacial score (nSPS) is 10.3. The number of aromatic nitrogens is 2. The van der Waals surface area contributed by atoms with Crippen LogP contribution in [-0.2, 0) is 0 Å². The topological polar surface area (TPSA) is 95.9 Å². The third-order valence-electron chi connectivity index (χ3n) is 2.72. The number of fused-ring (bicyclic) bond motifs is 1. The number of nitrogens with zero attached hydrogens (tertiary/aromatic N) is 4. The second kappa shape index (κ2) is 5.63. The molecule has 0 bridgehead atoms. The van der Waals surface area contributed by atoms with Crippen molar-refractivity contribution in [3.63, 3.8) is 0 Å². The molecule has 0 unspecified atom stereocenters. The van der Waals surface area contributed by atoms with E-state index in [0.29, 0.717) is 40.4 Å². The molecule has 98 valence electrons. The SMILES string of the molecule is CCN(CCC#N)C(=O)c1sc2nccnc2c1N. The van der Waals surface area contributed by atoms with E-state index in [2.05, 4.69) is 9.97 Å². The lowest BCUT2D eigenvalue weighted by Gasteiger charge is -2.18. The van der Waals surface area contributed by atoms with E-state index in [-0.39, 0.29) is 5.91 Å². The van der Waals surface area contributed by atoms with Crippen LogP contribution in [0.25, 0.3) is 10.3 Å². The predicted octanol–water partition coefficient (Wildman–Crippen LogP) is 1.65. The lowest BCUT2D eigenvalue weighted by Crippen LogP contribution is -2.31. The lowest BCUT2D eigenvalue weighted by atomic mass is 10.3. The van der Waals surface area contributed by atoms with Gasteiger partial charge in [0.05, 0.1) is 18.2 Å². The van der Waals surface area contributed by atoms with Crippen LogP contribution in [0.2, 0.25) is 0 Å². The van der Waals surface area contributed by atoms with Gasteiger partial charge in [-0.1, -0.05) is 0 Å². The molecule has 2 heterocycles. The van der Waals surface area contributed by atoms with Crippen LogP contribution < -0.4 is 5.73 Å². The van der Waals surface area contributed by atoms with Crippen molar-refractivity contribution in [2.24, 2.45) is 0 Å². The molecule has 0 aromatic carbocycles. The van der Waals surface area contributed by atoms with Crippen LogP contribution in [0, 0.1) is 11.3 Å². The van der Waals surface area contributed by atoms with Gasteiger partial charge in [-0.05, 0) is 6.92 Å². The van der Waals surface area contributed by atoms with E-state index in [9.17, 15) is 4.79 Å². The van der Waals surface area contributed by atoms with E-state index in [1.807, 2.05) is 13.0 Å². The Morgan fingerprint density at radius 3 is 2.89 bits per heavy atom. The summed E-state index contributed by atoms with van der Waals surface area (Å²) in [6, 6.07) is 2.03. The van der Waals surface area contributed by atoms with E-state index in [4.69, 9.17) is 11.0 Å². The summed E-state index contributed by atoms with van der Waals surface area (Å²) in [5.74, 6) is -0.167. The molecule has 2 aromatic rings. The zero-order valence-electron chi connectivity index (χ0n) is 10.5. The van der Waals surface area contributed by atoms with Crippen LogP contribution in [-0.4, -0.2) is 33.9 Å². The highest BCUT2D eigenvalue weighted by Gasteiger charge is 2.21. The quantitative estimate of drug-likeness (QED) is 0.915. The van der Waals surface area contributed by atoms with Crippen molar-refractivity contribution in [3.8, 4) is 6.07 Å². The maximum absolute atomic E-state index is 12.4. The van der Waals surface area contributed by atoms with Crippen molar-refractivity contribution in [2.45, 2.75) is 13.3 Å². The summed E-state index contributed by atoms with van der Waals surface area (Å²) in [6.07, 6.45) is 3.42. The number of nitrogen functional groups attached to an aromatic ring is 1. The van der Waals surface area contributed by atoms with Crippen LogP contribution in [0.3, 0.4) is 0 Å². The molecule has 0 saturated heterocycles. The Labute approximate surface area is 114 Å². The monoisotopic (exact) mass is 275 g/mol. The summed E-state index contributed by atoms with van der Waals surface area (Å²) in [5.41, 5.74) is 6.89. The number of nitriles is 1. The molecular formula is C12H13N5OS. The van der Waals surface area contributed by atoms with Gasteiger partial charge in [0.25, 0.3) is 5.91 Å². The fourth-order valence-corrected chi connectivity index (χ4v) is 2.72. The third-order valence-corrected chi connectivity index (χ3v) is 3.81. The van der Waals surface area contributed by atoms with Gasteiger partial charge in [0.1, 0.15) is 15.2 Å². The van der Waals surface area contributed by atoms with Crippen LogP contribution in [0.5, 0.6) is 0 Å². The molecule has 0 aliphatic heterocycles. The number of anilines is 1. The van der Waals surface area contributed by atoms with Gasteiger partial charge >= 0.3 is 0 Å². The molecule has 0 atom stereocenters. The number of thiophene rings is 1. The molecule has 2 N–H and O–H groups in total. The number of carbonyl (C=O) groups excluding carboxylic acids is 1. The average molecular weight is 275 g/mol. The minimum absolute atomic E-state index is 0.167. The lowest BCUT2D eigenvalue weighted by molar-refractivity contribution is 0.0773. The number of carbonyl (C=O) groups is 1. The molecule has 6 nitrogen and oxygen atoms in total. The van der Waals surface area contributed by atoms with Crippen molar-refractivity contribution in [1.82, 2.24) is 14.9 Å². The first-order valence-corrected chi connectivity index (χ1v) is 6.65. The minimum Gasteiger partial charge on any atom is -0.396 e. The van der Waals surface area contributed by atoms with E-state index in [0.717, 1.165) is 0 Å². The fourth-order valence-electron chi connectivity index (χ4n) is 1.73. The highest BCUT2D eigenvalue weighted by Crippen LogP contribution is 2.31. The zero-order chi connectivity index (χ0) is 13.8. The van der Waals surface area contributed by atoms with Gasteiger partial charge in [-0.25, -0.2) is 9.97 Å². The Kier molecular flexibility index (Phi) is 3.92. The Hall–Kier alpha value is -2.20. The fraction of sp³-hybridized carbons (Fsp3) is 0.333. The van der Waals surface area contributed by atoms with Crippen molar-refractivity contribution < 1.29 is 4.79 Å². The summed E-state index contributed by atoms with van der Waals surface area (Å²) in [4.78, 5) is 23.3. The van der Waals surface area contributed by atoms with Gasteiger partial charge in [-0.2, -0.15) is 5.26 Å². The van der Waals surface area contributed by atoms with Gasteiger partial charge < -0.3 is 10.6 Å². The molecule has 1 amide bonds. The Bertz CT molecular complexity index is 645. The van der Waals surface area contributed by atoms with Crippen LogP contribution in [0.15, 0.2) is 12.4 Å². The number of hydrogen-bond donors (Lipinski definition) is 1. The smallest absolute Gasteiger partial charge is 0.266 e. The van der Waals surface area contributed by atoms with Crippen molar-refractivity contribution in [3.05, 3.63) is 17.3 Å². The summed E-state index contributed by atoms with van der Waals surface area (Å²) in [6.45, 7) is 2.81. The number of rotatable bonds is 4. The predicted molar refractivity (Wildman–Crippen MR) is 73.6 cm³/mol.